The van der Waals surface area contributed by atoms with Gasteiger partial charge in [0.1, 0.15) is 0 Å². The molecular formula is C13H16N4O. The molecule has 1 aromatic heterocycles. The maximum absolute atomic E-state index is 6.01. The lowest BCUT2D eigenvalue weighted by molar-refractivity contribution is 0.152. The second-order valence-electron chi connectivity index (χ2n) is 4.37. The minimum Gasteiger partial charge on any atom is -0.381 e. The molecule has 1 aromatic carbocycles. The molecule has 1 saturated heterocycles. The lowest BCUT2D eigenvalue weighted by Crippen LogP contribution is -2.28. The topological polar surface area (TPSA) is 64.3 Å². The fourth-order valence-electron chi connectivity index (χ4n) is 2.19. The number of fused-ring (bicyclic) bond motifs is 1. The van der Waals surface area contributed by atoms with Crippen LogP contribution >= 0.6 is 0 Å². The van der Waals surface area contributed by atoms with Gasteiger partial charge in [-0.15, -0.1) is 0 Å². The third-order valence-corrected chi connectivity index (χ3v) is 3.10. The number of nitrogens with two attached hydrogens (primary N) is 1. The van der Waals surface area contributed by atoms with E-state index < -0.39 is 0 Å². The van der Waals surface area contributed by atoms with Crippen LogP contribution < -0.4 is 10.6 Å². The molecular weight excluding hydrogens is 228 g/mol. The van der Waals surface area contributed by atoms with Crippen molar-refractivity contribution in [2.75, 3.05) is 36.9 Å². The van der Waals surface area contributed by atoms with E-state index in [9.17, 15) is 0 Å². The third kappa shape index (κ3) is 2.09. The number of para-hydroxylation sites is 2. The largest absolute Gasteiger partial charge is 0.381 e. The van der Waals surface area contributed by atoms with Crippen LogP contribution in [0.2, 0.25) is 0 Å². The average molecular weight is 244 g/mol. The zero-order chi connectivity index (χ0) is 12.4. The quantitative estimate of drug-likeness (QED) is 0.822. The molecule has 0 aliphatic carbocycles. The maximum Gasteiger partial charge on any atom is 0.172 e. The van der Waals surface area contributed by atoms with Crippen LogP contribution in [0.1, 0.15) is 6.42 Å². The van der Waals surface area contributed by atoms with Crippen LogP contribution in [0, 0.1) is 0 Å². The predicted octanol–water partition coefficient (Wildman–Crippen LogP) is 1.44. The number of hydrogen-bond acceptors (Lipinski definition) is 5. The Kier molecular flexibility index (Phi) is 2.98. The highest BCUT2D eigenvalue weighted by Gasteiger charge is 2.15. The van der Waals surface area contributed by atoms with E-state index in [1.807, 2.05) is 24.3 Å². The van der Waals surface area contributed by atoms with E-state index in [0.717, 1.165) is 43.0 Å². The Morgan fingerprint density at radius 2 is 1.83 bits per heavy atom. The SMILES string of the molecule is Nc1nc2ccccc2nc1N1CCCOCC1. The molecule has 0 unspecified atom stereocenters. The van der Waals surface area contributed by atoms with E-state index in [2.05, 4.69) is 14.9 Å². The first-order valence-electron chi connectivity index (χ1n) is 6.19. The van der Waals surface area contributed by atoms with Crippen molar-refractivity contribution in [2.45, 2.75) is 6.42 Å². The highest BCUT2D eigenvalue weighted by atomic mass is 16.5. The number of hydrogen-bond donors (Lipinski definition) is 1. The zero-order valence-electron chi connectivity index (χ0n) is 10.2. The van der Waals surface area contributed by atoms with Crippen LogP contribution in [0.4, 0.5) is 11.6 Å². The summed E-state index contributed by atoms with van der Waals surface area (Å²) in [5.74, 6) is 1.27. The van der Waals surface area contributed by atoms with Gasteiger partial charge < -0.3 is 15.4 Å². The van der Waals surface area contributed by atoms with Crippen LogP contribution in [0.3, 0.4) is 0 Å². The second-order valence-corrected chi connectivity index (χ2v) is 4.37. The van der Waals surface area contributed by atoms with Gasteiger partial charge in [-0.05, 0) is 18.6 Å². The molecule has 5 nitrogen and oxygen atoms in total. The van der Waals surface area contributed by atoms with Crippen molar-refractivity contribution >= 4 is 22.7 Å². The molecule has 94 valence electrons. The Morgan fingerprint density at radius 1 is 1.06 bits per heavy atom. The summed E-state index contributed by atoms with van der Waals surface area (Å²) in [5.41, 5.74) is 7.73. The van der Waals surface area contributed by atoms with Crippen LogP contribution in [-0.4, -0.2) is 36.3 Å². The molecule has 3 rings (SSSR count). The van der Waals surface area contributed by atoms with E-state index in [4.69, 9.17) is 10.5 Å². The second kappa shape index (κ2) is 4.78. The van der Waals surface area contributed by atoms with Crippen LogP contribution in [-0.2, 0) is 4.74 Å². The molecule has 2 N–H and O–H groups in total. The molecule has 5 heteroatoms. The van der Waals surface area contributed by atoms with Gasteiger partial charge in [-0.2, -0.15) is 0 Å². The molecule has 1 aliphatic heterocycles. The Balaban J connectivity index is 2.02. The summed E-state index contributed by atoms with van der Waals surface area (Å²) < 4.78 is 5.44. The number of rotatable bonds is 1. The van der Waals surface area contributed by atoms with Crippen molar-refractivity contribution < 1.29 is 4.74 Å². The monoisotopic (exact) mass is 244 g/mol. The van der Waals surface area contributed by atoms with Crippen molar-refractivity contribution in [1.29, 1.82) is 0 Å². The lowest BCUT2D eigenvalue weighted by Gasteiger charge is -2.21. The van der Waals surface area contributed by atoms with Gasteiger partial charge in [0.2, 0.25) is 0 Å². The molecule has 0 atom stereocenters. The lowest BCUT2D eigenvalue weighted by atomic mass is 10.3. The van der Waals surface area contributed by atoms with Gasteiger partial charge in [-0.3, -0.25) is 0 Å². The number of nitrogens with zero attached hydrogens (tertiary/aromatic N) is 3. The summed E-state index contributed by atoms with van der Waals surface area (Å²) >= 11 is 0. The Labute approximate surface area is 106 Å². The van der Waals surface area contributed by atoms with E-state index in [-0.39, 0.29) is 0 Å². The van der Waals surface area contributed by atoms with Crippen molar-refractivity contribution in [1.82, 2.24) is 9.97 Å². The fourth-order valence-corrected chi connectivity index (χ4v) is 2.19. The Bertz CT molecular complexity index is 550. The first-order valence-corrected chi connectivity index (χ1v) is 6.19. The van der Waals surface area contributed by atoms with Crippen LogP contribution in [0.25, 0.3) is 11.0 Å². The first-order chi connectivity index (χ1) is 8.84. The third-order valence-electron chi connectivity index (χ3n) is 3.10. The summed E-state index contributed by atoms with van der Waals surface area (Å²) in [7, 11) is 0. The predicted molar refractivity (Wildman–Crippen MR) is 71.6 cm³/mol. The van der Waals surface area contributed by atoms with Gasteiger partial charge in [0.05, 0.1) is 17.6 Å². The number of benzene rings is 1. The molecule has 2 heterocycles. The number of ether oxygens (including phenoxy) is 1. The van der Waals surface area contributed by atoms with Crippen molar-refractivity contribution in [2.24, 2.45) is 0 Å². The highest BCUT2D eigenvalue weighted by molar-refractivity contribution is 5.79. The van der Waals surface area contributed by atoms with Gasteiger partial charge in [-0.25, -0.2) is 9.97 Å². The van der Waals surface area contributed by atoms with E-state index in [1.54, 1.807) is 0 Å². The molecule has 0 bridgehead atoms. The first kappa shape index (κ1) is 11.2. The number of aromatic nitrogens is 2. The standard InChI is InChI=1S/C13H16N4O/c14-12-13(17-6-3-8-18-9-7-17)16-11-5-2-1-4-10(11)15-12/h1-2,4-5H,3,6-9H2,(H2,14,15). The number of nitrogen functional groups attached to an aromatic ring is 1. The molecule has 0 spiro atoms. The Morgan fingerprint density at radius 3 is 2.67 bits per heavy atom. The molecule has 1 fully saturated rings. The zero-order valence-corrected chi connectivity index (χ0v) is 10.2. The molecule has 18 heavy (non-hydrogen) atoms. The maximum atomic E-state index is 6.01. The van der Waals surface area contributed by atoms with E-state index in [1.165, 1.54) is 0 Å². The van der Waals surface area contributed by atoms with Gasteiger partial charge >= 0.3 is 0 Å². The van der Waals surface area contributed by atoms with Gasteiger partial charge in [-0.1, -0.05) is 12.1 Å². The van der Waals surface area contributed by atoms with Crippen molar-refractivity contribution in [3.05, 3.63) is 24.3 Å². The summed E-state index contributed by atoms with van der Waals surface area (Å²) in [4.78, 5) is 11.2. The number of anilines is 2. The minimum absolute atomic E-state index is 0.496. The summed E-state index contributed by atoms with van der Waals surface area (Å²) in [5, 5.41) is 0. The van der Waals surface area contributed by atoms with Gasteiger partial charge in [0, 0.05) is 19.7 Å². The van der Waals surface area contributed by atoms with Crippen molar-refractivity contribution in [3.63, 3.8) is 0 Å². The molecule has 2 aromatic rings. The summed E-state index contributed by atoms with van der Waals surface area (Å²) in [6.45, 7) is 3.25. The fraction of sp³-hybridized carbons (Fsp3) is 0.385. The Hall–Kier alpha value is -1.88. The smallest absolute Gasteiger partial charge is 0.172 e. The normalized spacial score (nSPS) is 16.8. The van der Waals surface area contributed by atoms with E-state index >= 15 is 0 Å². The molecule has 0 saturated carbocycles. The summed E-state index contributed by atoms with van der Waals surface area (Å²) in [6, 6.07) is 7.78. The minimum atomic E-state index is 0.496. The van der Waals surface area contributed by atoms with Crippen LogP contribution in [0.15, 0.2) is 24.3 Å². The van der Waals surface area contributed by atoms with Gasteiger partial charge in [0.25, 0.3) is 0 Å². The average Bonchev–Trinajstić information content (AvgIpc) is 2.66. The van der Waals surface area contributed by atoms with Crippen molar-refractivity contribution in [3.8, 4) is 0 Å². The van der Waals surface area contributed by atoms with Crippen LogP contribution in [0.5, 0.6) is 0 Å². The molecule has 0 amide bonds. The van der Waals surface area contributed by atoms with E-state index in [0.29, 0.717) is 12.4 Å². The summed E-state index contributed by atoms with van der Waals surface area (Å²) in [6.07, 6.45) is 0.994. The molecule has 1 aliphatic rings. The molecule has 0 radical (unpaired) electrons. The van der Waals surface area contributed by atoms with Gasteiger partial charge in [0.15, 0.2) is 11.6 Å². The highest BCUT2D eigenvalue weighted by Crippen LogP contribution is 2.23.